The van der Waals surface area contributed by atoms with Gasteiger partial charge in [0.2, 0.25) is 11.7 Å². The number of halogens is 2. The number of rotatable bonds is 10. The molecule has 0 bridgehead atoms. The molecule has 2 atom stereocenters. The molecule has 0 aliphatic carbocycles. The Bertz CT molecular complexity index is 1500. The van der Waals surface area contributed by atoms with E-state index in [-0.39, 0.29) is 22.8 Å². The van der Waals surface area contributed by atoms with Crippen molar-refractivity contribution in [3.8, 4) is 11.5 Å². The molecule has 2 N–H and O–H groups in total. The molecule has 3 aromatic carbocycles. The number of carbonyl (C=O) groups is 3. The van der Waals surface area contributed by atoms with Crippen molar-refractivity contribution in [2.45, 2.75) is 31.8 Å². The summed E-state index contributed by atoms with van der Waals surface area (Å²) < 4.78 is 38.0. The average molecular weight is 574 g/mol. The van der Waals surface area contributed by atoms with E-state index in [0.717, 1.165) is 0 Å². The lowest BCUT2D eigenvalue weighted by Crippen LogP contribution is -2.49. The van der Waals surface area contributed by atoms with Crippen molar-refractivity contribution < 1.29 is 32.6 Å². The predicted molar refractivity (Wildman–Crippen MR) is 151 cm³/mol. The van der Waals surface area contributed by atoms with Gasteiger partial charge in [0.15, 0.2) is 11.4 Å². The number of hydrogen-bond donors (Lipinski definition) is 2. The first-order valence-corrected chi connectivity index (χ1v) is 13.1. The quantitative estimate of drug-likeness (QED) is 0.258. The maximum atomic E-state index is 13.6. The molecule has 42 heavy (non-hydrogen) atoms. The largest absolute Gasteiger partial charge is 0.493 e. The summed E-state index contributed by atoms with van der Waals surface area (Å²) >= 11 is 0. The van der Waals surface area contributed by atoms with E-state index in [9.17, 15) is 23.2 Å². The first kappa shape index (κ1) is 29.9. The van der Waals surface area contributed by atoms with Gasteiger partial charge in [-0.05, 0) is 61.4 Å². The molecule has 4 aromatic rings. The van der Waals surface area contributed by atoms with Crippen LogP contribution in [0.2, 0.25) is 0 Å². The number of carbonyl (C=O) groups excluding carboxylic acids is 3. The van der Waals surface area contributed by atoms with Gasteiger partial charge in [0.25, 0.3) is 5.91 Å². The Morgan fingerprint density at radius 1 is 0.786 bits per heavy atom. The lowest BCUT2D eigenvalue weighted by atomic mass is 9.85. The maximum Gasteiger partial charge on any atom is 0.343 e. The Balaban J connectivity index is 1.50. The topological polar surface area (TPSA) is 107 Å². The van der Waals surface area contributed by atoms with Gasteiger partial charge in [-0.15, -0.1) is 0 Å². The summed E-state index contributed by atoms with van der Waals surface area (Å²) in [6.45, 7) is 3.25. The van der Waals surface area contributed by atoms with Gasteiger partial charge in [-0.1, -0.05) is 42.5 Å². The van der Waals surface area contributed by atoms with Crippen LogP contribution in [0.3, 0.4) is 0 Å². The van der Waals surface area contributed by atoms with Gasteiger partial charge < -0.3 is 20.1 Å². The molecule has 8 nitrogen and oxygen atoms in total. The van der Waals surface area contributed by atoms with Crippen molar-refractivity contribution in [1.29, 1.82) is 0 Å². The Morgan fingerprint density at radius 2 is 1.36 bits per heavy atom. The highest BCUT2D eigenvalue weighted by atomic mass is 19.1. The van der Waals surface area contributed by atoms with Crippen LogP contribution in [0.15, 0.2) is 91.1 Å². The maximum absolute atomic E-state index is 13.6. The minimum Gasteiger partial charge on any atom is -0.493 e. The first-order chi connectivity index (χ1) is 20.2. The van der Waals surface area contributed by atoms with Crippen LogP contribution in [-0.4, -0.2) is 42.0 Å². The highest BCUT2D eigenvalue weighted by Crippen LogP contribution is 2.31. The van der Waals surface area contributed by atoms with Crippen molar-refractivity contribution in [1.82, 2.24) is 15.6 Å². The number of methoxy groups -OCH3 is 1. The van der Waals surface area contributed by atoms with Gasteiger partial charge in [-0.3, -0.25) is 9.59 Å². The van der Waals surface area contributed by atoms with Crippen molar-refractivity contribution in [3.63, 3.8) is 0 Å². The molecule has 0 fully saturated rings. The molecule has 4 rings (SSSR count). The fourth-order valence-corrected chi connectivity index (χ4v) is 4.45. The number of benzene rings is 3. The normalized spacial score (nSPS) is 12.2. The van der Waals surface area contributed by atoms with Gasteiger partial charge in [-0.25, -0.2) is 18.6 Å². The van der Waals surface area contributed by atoms with E-state index in [4.69, 9.17) is 9.47 Å². The van der Waals surface area contributed by atoms with Crippen LogP contribution in [-0.2, 0) is 4.79 Å². The van der Waals surface area contributed by atoms with Crippen LogP contribution < -0.4 is 20.1 Å². The second-order valence-corrected chi connectivity index (χ2v) is 9.52. The minimum atomic E-state index is -1.03. The monoisotopic (exact) mass is 573 g/mol. The van der Waals surface area contributed by atoms with Crippen LogP contribution >= 0.6 is 0 Å². The number of ether oxygens (including phenoxy) is 2. The molecule has 216 valence electrons. The summed E-state index contributed by atoms with van der Waals surface area (Å²) in [6.07, 6.45) is 1.32. The lowest BCUT2D eigenvalue weighted by Gasteiger charge is -2.27. The second kappa shape index (κ2) is 13.5. The van der Waals surface area contributed by atoms with E-state index >= 15 is 0 Å². The summed E-state index contributed by atoms with van der Waals surface area (Å²) in [6, 6.07) is 19.7. The van der Waals surface area contributed by atoms with E-state index < -0.39 is 47.4 Å². The van der Waals surface area contributed by atoms with Gasteiger partial charge >= 0.3 is 5.97 Å². The van der Waals surface area contributed by atoms with Crippen molar-refractivity contribution in [3.05, 3.63) is 125 Å². The Kier molecular flexibility index (Phi) is 9.59. The van der Waals surface area contributed by atoms with Crippen LogP contribution in [0, 0.1) is 11.6 Å². The van der Waals surface area contributed by atoms with E-state index in [2.05, 4.69) is 15.6 Å². The second-order valence-electron chi connectivity index (χ2n) is 9.52. The highest BCUT2D eigenvalue weighted by molar-refractivity contribution is 6.00. The third-order valence-electron chi connectivity index (χ3n) is 6.58. The Hall–Kier alpha value is -5.12. The van der Waals surface area contributed by atoms with Gasteiger partial charge in [-0.2, -0.15) is 0 Å². The van der Waals surface area contributed by atoms with Crippen molar-refractivity contribution in [2.24, 2.45) is 0 Å². The zero-order valence-corrected chi connectivity index (χ0v) is 23.1. The molecule has 0 radical (unpaired) electrons. The number of nitrogens with zero attached hydrogens (tertiary/aromatic N) is 1. The molecule has 0 spiro atoms. The number of aromatic nitrogens is 1. The highest BCUT2D eigenvalue weighted by Gasteiger charge is 2.28. The zero-order valence-electron chi connectivity index (χ0n) is 23.1. The molecular weight excluding hydrogens is 544 g/mol. The molecular formula is C32H29F2N3O5. The fraction of sp³-hybridized carbons (Fsp3) is 0.188. The third-order valence-corrected chi connectivity index (χ3v) is 6.58. The molecule has 10 heteroatoms. The van der Waals surface area contributed by atoms with Crippen LogP contribution in [0.25, 0.3) is 0 Å². The summed E-state index contributed by atoms with van der Waals surface area (Å²) in [5, 5.41) is 5.46. The van der Waals surface area contributed by atoms with Gasteiger partial charge in [0, 0.05) is 24.2 Å². The number of pyridine rings is 1. The predicted octanol–water partition coefficient (Wildman–Crippen LogP) is 5.04. The zero-order chi connectivity index (χ0) is 30.2. The first-order valence-electron chi connectivity index (χ1n) is 13.1. The molecule has 2 amide bonds. The number of nitrogens with one attached hydrogen (secondary N) is 2. The number of amides is 2. The third kappa shape index (κ3) is 7.14. The lowest BCUT2D eigenvalue weighted by molar-refractivity contribution is -0.123. The smallest absolute Gasteiger partial charge is 0.343 e. The Labute approximate surface area is 241 Å². The van der Waals surface area contributed by atoms with E-state index in [1.165, 1.54) is 50.6 Å². The molecule has 1 heterocycles. The standard InChI is InChI=1S/C32H29F2N3O5/c1-19(27(21-9-13-24(33)14-10-21)22-11-15-25(34)16-12-22)36-30(38)20(2)37-31(39)28-29(26(41-3)17-18-35-28)42-32(40)23-7-5-4-6-8-23/h4-20,27H,1-3H3,(H,36,38)(H,37,39)/t19-,20-/m0/s1. The molecule has 0 saturated heterocycles. The van der Waals surface area contributed by atoms with Crippen LogP contribution in [0.4, 0.5) is 8.78 Å². The van der Waals surface area contributed by atoms with Gasteiger partial charge in [0.05, 0.1) is 12.7 Å². The summed E-state index contributed by atoms with van der Waals surface area (Å²) in [5.74, 6) is -3.37. The van der Waals surface area contributed by atoms with Gasteiger partial charge in [0.1, 0.15) is 17.7 Å². The molecule has 0 unspecified atom stereocenters. The van der Waals surface area contributed by atoms with E-state index in [0.29, 0.717) is 11.1 Å². The molecule has 0 aliphatic rings. The molecule has 0 aliphatic heterocycles. The number of esters is 1. The van der Waals surface area contributed by atoms with Crippen LogP contribution in [0.5, 0.6) is 11.5 Å². The van der Waals surface area contributed by atoms with E-state index in [1.54, 1.807) is 61.5 Å². The average Bonchev–Trinajstić information content (AvgIpc) is 2.99. The summed E-state index contributed by atoms with van der Waals surface area (Å²) in [5.41, 5.74) is 1.42. The molecule has 0 saturated carbocycles. The van der Waals surface area contributed by atoms with E-state index in [1.807, 2.05) is 0 Å². The number of hydrogen-bond acceptors (Lipinski definition) is 6. The minimum absolute atomic E-state index is 0.103. The summed E-state index contributed by atoms with van der Waals surface area (Å²) in [7, 11) is 1.35. The van der Waals surface area contributed by atoms with Crippen molar-refractivity contribution in [2.75, 3.05) is 7.11 Å². The van der Waals surface area contributed by atoms with Crippen LogP contribution in [0.1, 0.15) is 51.7 Å². The fourth-order valence-electron chi connectivity index (χ4n) is 4.45. The van der Waals surface area contributed by atoms with Crippen molar-refractivity contribution >= 4 is 17.8 Å². The summed E-state index contributed by atoms with van der Waals surface area (Å²) in [4.78, 5) is 43.2. The SMILES string of the molecule is COc1ccnc(C(=O)N[C@@H](C)C(=O)N[C@@H](C)C(c2ccc(F)cc2)c2ccc(F)cc2)c1OC(=O)c1ccccc1. The molecule has 1 aromatic heterocycles. The Morgan fingerprint density at radius 3 is 1.90 bits per heavy atom.